The van der Waals surface area contributed by atoms with Gasteiger partial charge in [-0.15, -0.1) is 0 Å². The summed E-state index contributed by atoms with van der Waals surface area (Å²) in [6.07, 6.45) is 17.5. The van der Waals surface area contributed by atoms with Crippen LogP contribution in [-0.4, -0.2) is 56.4 Å². The van der Waals surface area contributed by atoms with Gasteiger partial charge in [-0.3, -0.25) is 0 Å². The van der Waals surface area contributed by atoms with Crippen LogP contribution in [0.2, 0.25) is 0 Å². The topological polar surface area (TPSA) is 47.9 Å². The van der Waals surface area contributed by atoms with Gasteiger partial charge < -0.3 is 23.2 Å². The Labute approximate surface area is 218 Å². The third kappa shape index (κ3) is 21.3. The van der Waals surface area contributed by atoms with E-state index in [2.05, 4.69) is 52.3 Å². The van der Waals surface area contributed by atoms with Crippen molar-refractivity contribution in [1.82, 2.24) is 0 Å². The molecule has 0 aliphatic rings. The van der Waals surface area contributed by atoms with Crippen LogP contribution in [0, 0.1) is 0 Å². The molecule has 0 fully saturated rings. The van der Waals surface area contributed by atoms with E-state index in [9.17, 15) is 4.89 Å². The van der Waals surface area contributed by atoms with Crippen molar-refractivity contribution in [2.24, 2.45) is 0 Å². The standard InChI is InChI=1S/C29H55NO4P/c1-5-6-7-8-9-10-11-12-16-22-29(32-27-28-20-14-13-15-21-28)23-17-18-25-33-35(31)34-26-19-24-30(2,3)4/h13-15,20-21,29,31H,5-12,16-19,22-27H2,1-4H3/q+1. The minimum absolute atomic E-state index is 0.294. The molecular weight excluding hydrogens is 457 g/mol. The summed E-state index contributed by atoms with van der Waals surface area (Å²) in [5, 5.41) is 0. The van der Waals surface area contributed by atoms with Gasteiger partial charge in [0, 0.05) is 6.42 Å². The molecule has 1 aromatic rings. The molecule has 35 heavy (non-hydrogen) atoms. The van der Waals surface area contributed by atoms with E-state index in [1.807, 2.05) is 6.07 Å². The fraction of sp³-hybridized carbons (Fsp3) is 0.793. The summed E-state index contributed by atoms with van der Waals surface area (Å²) < 4.78 is 18.1. The van der Waals surface area contributed by atoms with Crippen LogP contribution in [0.4, 0.5) is 0 Å². The molecule has 5 nitrogen and oxygen atoms in total. The summed E-state index contributed by atoms with van der Waals surface area (Å²) in [6, 6.07) is 10.5. The highest BCUT2D eigenvalue weighted by molar-refractivity contribution is 7.40. The zero-order chi connectivity index (χ0) is 25.6. The predicted octanol–water partition coefficient (Wildman–Crippen LogP) is 8.01. The molecule has 1 aromatic carbocycles. The van der Waals surface area contributed by atoms with Crippen LogP contribution in [-0.2, 0) is 20.4 Å². The summed E-state index contributed by atoms with van der Waals surface area (Å²) in [4.78, 5) is 9.94. The van der Waals surface area contributed by atoms with Gasteiger partial charge in [0.05, 0.1) is 53.6 Å². The van der Waals surface area contributed by atoms with Crippen LogP contribution >= 0.6 is 8.60 Å². The third-order valence-electron chi connectivity index (χ3n) is 6.26. The smallest absolute Gasteiger partial charge is 0.329 e. The van der Waals surface area contributed by atoms with Gasteiger partial charge in [0.15, 0.2) is 0 Å². The van der Waals surface area contributed by atoms with Gasteiger partial charge >= 0.3 is 8.60 Å². The minimum atomic E-state index is -1.76. The molecule has 0 radical (unpaired) electrons. The van der Waals surface area contributed by atoms with Crippen molar-refractivity contribution in [2.45, 2.75) is 110 Å². The molecule has 1 rings (SSSR count). The van der Waals surface area contributed by atoms with Crippen LogP contribution in [0.15, 0.2) is 30.3 Å². The van der Waals surface area contributed by atoms with E-state index in [0.717, 1.165) is 43.1 Å². The Hall–Kier alpha value is -0.550. The number of benzene rings is 1. The first kappa shape index (κ1) is 32.5. The number of hydrogen-bond acceptors (Lipinski definition) is 4. The molecule has 0 spiro atoms. The summed E-state index contributed by atoms with van der Waals surface area (Å²) in [5.74, 6) is 0. The van der Waals surface area contributed by atoms with E-state index < -0.39 is 8.60 Å². The maximum Gasteiger partial charge on any atom is 0.329 e. The van der Waals surface area contributed by atoms with Gasteiger partial charge in [0.25, 0.3) is 0 Å². The molecule has 0 amide bonds. The van der Waals surface area contributed by atoms with Crippen molar-refractivity contribution >= 4 is 8.60 Å². The predicted molar refractivity (Wildman–Crippen MR) is 149 cm³/mol. The van der Waals surface area contributed by atoms with Crippen molar-refractivity contribution < 1.29 is 23.2 Å². The van der Waals surface area contributed by atoms with Gasteiger partial charge in [-0.1, -0.05) is 95.0 Å². The normalized spacial score (nSPS) is 13.7. The Morgan fingerprint density at radius 3 is 1.89 bits per heavy atom. The molecule has 1 N–H and O–H groups in total. The number of hydrogen-bond donors (Lipinski definition) is 1. The number of ether oxygens (including phenoxy) is 1. The van der Waals surface area contributed by atoms with Gasteiger partial charge in [0.1, 0.15) is 0 Å². The van der Waals surface area contributed by atoms with E-state index in [4.69, 9.17) is 13.8 Å². The lowest BCUT2D eigenvalue weighted by Crippen LogP contribution is -2.35. The Balaban J connectivity index is 2.19. The van der Waals surface area contributed by atoms with Crippen LogP contribution in [0.5, 0.6) is 0 Å². The highest BCUT2D eigenvalue weighted by atomic mass is 31.2. The molecule has 6 heteroatoms. The first-order chi connectivity index (χ1) is 16.9. The molecule has 204 valence electrons. The van der Waals surface area contributed by atoms with E-state index in [1.54, 1.807) is 0 Å². The SMILES string of the molecule is CCCCCCCCCCCC(CCCCOP(O)OCCC[N+](C)(C)C)OCc1ccccc1. The molecular formula is C29H55NO4P+. The first-order valence-corrected chi connectivity index (χ1v) is 15.2. The monoisotopic (exact) mass is 512 g/mol. The maximum absolute atomic E-state index is 9.94. The summed E-state index contributed by atoms with van der Waals surface area (Å²) >= 11 is 0. The fourth-order valence-electron chi connectivity index (χ4n) is 4.12. The van der Waals surface area contributed by atoms with Crippen LogP contribution < -0.4 is 0 Å². The highest BCUT2D eigenvalue weighted by Crippen LogP contribution is 2.33. The molecule has 2 unspecified atom stereocenters. The highest BCUT2D eigenvalue weighted by Gasteiger charge is 2.12. The second kappa shape index (κ2) is 21.5. The van der Waals surface area contributed by atoms with Crippen molar-refractivity contribution in [1.29, 1.82) is 0 Å². The van der Waals surface area contributed by atoms with E-state index >= 15 is 0 Å². The lowest BCUT2D eigenvalue weighted by Gasteiger charge is -2.23. The van der Waals surface area contributed by atoms with Crippen molar-refractivity contribution in [3.05, 3.63) is 35.9 Å². The fourth-order valence-corrected chi connectivity index (χ4v) is 4.76. The largest absolute Gasteiger partial charge is 0.374 e. The number of rotatable bonds is 24. The third-order valence-corrected chi connectivity index (χ3v) is 7.06. The van der Waals surface area contributed by atoms with Crippen LogP contribution in [0.3, 0.4) is 0 Å². The summed E-state index contributed by atoms with van der Waals surface area (Å²) in [5.41, 5.74) is 1.24. The van der Waals surface area contributed by atoms with Crippen LogP contribution in [0.25, 0.3) is 0 Å². The molecule has 0 aliphatic heterocycles. The second-order valence-electron chi connectivity index (χ2n) is 10.8. The first-order valence-electron chi connectivity index (χ1n) is 14.1. The van der Waals surface area contributed by atoms with E-state index in [1.165, 1.54) is 63.4 Å². The van der Waals surface area contributed by atoms with Crippen molar-refractivity contribution in [3.8, 4) is 0 Å². The zero-order valence-electron chi connectivity index (χ0n) is 23.3. The van der Waals surface area contributed by atoms with Crippen LogP contribution in [0.1, 0.15) is 102 Å². The van der Waals surface area contributed by atoms with Gasteiger partial charge in [-0.25, -0.2) is 0 Å². The average Bonchev–Trinajstić information content (AvgIpc) is 2.83. The molecule has 0 heterocycles. The van der Waals surface area contributed by atoms with E-state index in [0.29, 0.717) is 25.9 Å². The molecule has 2 atom stereocenters. The zero-order valence-corrected chi connectivity index (χ0v) is 24.2. The summed E-state index contributed by atoms with van der Waals surface area (Å²) in [7, 11) is 4.72. The van der Waals surface area contributed by atoms with Gasteiger partial charge in [0.2, 0.25) is 0 Å². The molecule has 0 saturated carbocycles. The quantitative estimate of drug-likeness (QED) is 0.0866. The minimum Gasteiger partial charge on any atom is -0.374 e. The lowest BCUT2D eigenvalue weighted by atomic mass is 10.0. The van der Waals surface area contributed by atoms with Crippen molar-refractivity contribution in [2.75, 3.05) is 40.9 Å². The molecule has 0 aromatic heterocycles. The van der Waals surface area contributed by atoms with Gasteiger partial charge in [-0.05, 0) is 31.2 Å². The van der Waals surface area contributed by atoms with E-state index in [-0.39, 0.29) is 0 Å². The molecule has 0 saturated heterocycles. The Bertz CT molecular complexity index is 582. The lowest BCUT2D eigenvalue weighted by molar-refractivity contribution is -0.870. The number of unbranched alkanes of at least 4 members (excludes halogenated alkanes) is 9. The average molecular weight is 513 g/mol. The Morgan fingerprint density at radius 2 is 1.29 bits per heavy atom. The molecule has 0 bridgehead atoms. The number of quaternary nitrogens is 1. The summed E-state index contributed by atoms with van der Waals surface area (Å²) in [6.45, 7) is 5.07. The van der Waals surface area contributed by atoms with Gasteiger partial charge in [-0.2, -0.15) is 0 Å². The molecule has 0 aliphatic carbocycles. The Morgan fingerprint density at radius 1 is 0.743 bits per heavy atom. The second-order valence-corrected chi connectivity index (χ2v) is 11.8. The van der Waals surface area contributed by atoms with Crippen molar-refractivity contribution in [3.63, 3.8) is 0 Å². The number of nitrogens with zero attached hydrogens (tertiary/aromatic N) is 1. The maximum atomic E-state index is 9.94. The Kier molecular flexibility index (Phi) is 20.0.